The van der Waals surface area contributed by atoms with Crippen molar-refractivity contribution < 1.29 is 14.3 Å². The SMILES string of the molecule is Cc1nc2c(C)c(C)[nH]c2c(N(Cc2ccc(F)cc2)C(=O)O)c1C. The zero-order valence-electron chi connectivity index (χ0n) is 14.6. The van der Waals surface area contributed by atoms with Crippen LogP contribution in [0.5, 0.6) is 0 Å². The van der Waals surface area contributed by atoms with Gasteiger partial charge in [-0.05, 0) is 56.5 Å². The van der Waals surface area contributed by atoms with Crippen molar-refractivity contribution in [3.63, 3.8) is 0 Å². The van der Waals surface area contributed by atoms with E-state index in [4.69, 9.17) is 0 Å². The van der Waals surface area contributed by atoms with Gasteiger partial charge in [0.05, 0.1) is 23.3 Å². The van der Waals surface area contributed by atoms with Crippen LogP contribution in [0.25, 0.3) is 11.0 Å². The van der Waals surface area contributed by atoms with Crippen LogP contribution >= 0.6 is 0 Å². The normalized spacial score (nSPS) is 11.1. The van der Waals surface area contributed by atoms with Gasteiger partial charge in [0.25, 0.3) is 0 Å². The molecule has 2 heterocycles. The number of hydrogen-bond donors (Lipinski definition) is 2. The molecule has 2 N–H and O–H groups in total. The van der Waals surface area contributed by atoms with Gasteiger partial charge in [-0.25, -0.2) is 9.18 Å². The first kappa shape index (κ1) is 17.0. The number of nitrogens with zero attached hydrogens (tertiary/aromatic N) is 2. The number of aromatic nitrogens is 2. The topological polar surface area (TPSA) is 69.2 Å². The number of carboxylic acid groups (broad SMARTS) is 1. The molecule has 0 aliphatic rings. The van der Waals surface area contributed by atoms with Crippen LogP contribution in [0.1, 0.15) is 28.1 Å². The molecule has 0 radical (unpaired) electrons. The third kappa shape index (κ3) is 2.95. The summed E-state index contributed by atoms with van der Waals surface area (Å²) in [5.41, 5.74) is 6.35. The number of hydrogen-bond acceptors (Lipinski definition) is 2. The van der Waals surface area contributed by atoms with Gasteiger partial charge in [-0.1, -0.05) is 12.1 Å². The molecule has 0 saturated carbocycles. The van der Waals surface area contributed by atoms with Gasteiger partial charge >= 0.3 is 6.09 Å². The minimum Gasteiger partial charge on any atom is -0.465 e. The Morgan fingerprint density at radius 2 is 1.80 bits per heavy atom. The van der Waals surface area contributed by atoms with E-state index in [9.17, 15) is 14.3 Å². The highest BCUT2D eigenvalue weighted by Crippen LogP contribution is 2.34. The molecule has 0 aliphatic carbocycles. The van der Waals surface area contributed by atoms with Crippen molar-refractivity contribution in [1.29, 1.82) is 0 Å². The summed E-state index contributed by atoms with van der Waals surface area (Å²) in [6, 6.07) is 5.85. The number of amides is 1. The molecule has 130 valence electrons. The third-order valence-corrected chi connectivity index (χ3v) is 4.64. The van der Waals surface area contributed by atoms with E-state index in [1.807, 2.05) is 27.7 Å². The lowest BCUT2D eigenvalue weighted by Gasteiger charge is -2.23. The maximum absolute atomic E-state index is 13.1. The van der Waals surface area contributed by atoms with E-state index < -0.39 is 6.09 Å². The van der Waals surface area contributed by atoms with Crippen LogP contribution in [0, 0.1) is 33.5 Å². The van der Waals surface area contributed by atoms with E-state index in [0.717, 1.165) is 28.0 Å². The van der Waals surface area contributed by atoms with Gasteiger partial charge in [-0.2, -0.15) is 0 Å². The standard InChI is InChI=1S/C19H20FN3O2/c1-10-12(3)22-17-16(10)21-13(4)11(2)18(17)23(19(24)25)9-14-5-7-15(20)8-6-14/h5-8,22H,9H2,1-4H3,(H,24,25). The summed E-state index contributed by atoms with van der Waals surface area (Å²) < 4.78 is 13.1. The highest BCUT2D eigenvalue weighted by atomic mass is 19.1. The number of anilines is 1. The number of H-pyrrole nitrogens is 1. The average Bonchev–Trinajstić information content (AvgIpc) is 2.84. The summed E-state index contributed by atoms with van der Waals surface area (Å²) >= 11 is 0. The lowest BCUT2D eigenvalue weighted by Crippen LogP contribution is -2.30. The van der Waals surface area contributed by atoms with Gasteiger partial charge in [-0.3, -0.25) is 9.88 Å². The first-order valence-corrected chi connectivity index (χ1v) is 8.00. The van der Waals surface area contributed by atoms with Crippen molar-refractivity contribution in [3.05, 3.63) is 58.2 Å². The number of carbonyl (C=O) groups is 1. The van der Waals surface area contributed by atoms with Crippen molar-refractivity contribution in [3.8, 4) is 0 Å². The maximum Gasteiger partial charge on any atom is 0.412 e. The summed E-state index contributed by atoms with van der Waals surface area (Å²) in [4.78, 5) is 21.2. The van der Waals surface area contributed by atoms with Gasteiger partial charge in [0.15, 0.2) is 0 Å². The minimum absolute atomic E-state index is 0.131. The molecule has 6 heteroatoms. The quantitative estimate of drug-likeness (QED) is 0.730. The van der Waals surface area contributed by atoms with E-state index in [0.29, 0.717) is 16.8 Å². The van der Waals surface area contributed by atoms with Crippen LogP contribution in [-0.4, -0.2) is 21.2 Å². The van der Waals surface area contributed by atoms with E-state index in [2.05, 4.69) is 9.97 Å². The lowest BCUT2D eigenvalue weighted by molar-refractivity contribution is 0.201. The molecule has 0 unspecified atom stereocenters. The number of rotatable bonds is 3. The van der Waals surface area contributed by atoms with Crippen LogP contribution in [0.2, 0.25) is 0 Å². The molecule has 3 rings (SSSR count). The molecule has 2 aromatic heterocycles. The minimum atomic E-state index is -1.07. The number of nitrogens with one attached hydrogen (secondary N) is 1. The summed E-state index contributed by atoms with van der Waals surface area (Å²) in [6.45, 7) is 7.77. The Morgan fingerprint density at radius 1 is 1.16 bits per heavy atom. The van der Waals surface area contributed by atoms with Crippen LogP contribution < -0.4 is 4.90 Å². The number of aromatic amines is 1. The fourth-order valence-corrected chi connectivity index (χ4v) is 2.98. The predicted octanol–water partition coefficient (Wildman–Crippen LogP) is 4.62. The first-order valence-electron chi connectivity index (χ1n) is 8.00. The number of fused-ring (bicyclic) bond motifs is 1. The van der Waals surface area contributed by atoms with Gasteiger partial charge in [0, 0.05) is 11.4 Å². The molecular formula is C19H20FN3O2. The summed E-state index contributed by atoms with van der Waals surface area (Å²) in [7, 11) is 0. The van der Waals surface area contributed by atoms with Gasteiger partial charge in [0.1, 0.15) is 5.82 Å². The van der Waals surface area contributed by atoms with E-state index in [1.165, 1.54) is 17.0 Å². The van der Waals surface area contributed by atoms with Gasteiger partial charge in [0.2, 0.25) is 0 Å². The summed E-state index contributed by atoms with van der Waals surface area (Å²) in [5.74, 6) is -0.348. The van der Waals surface area contributed by atoms with Gasteiger partial charge < -0.3 is 10.1 Å². The Bertz CT molecular complexity index is 961. The van der Waals surface area contributed by atoms with Crippen LogP contribution in [0.15, 0.2) is 24.3 Å². The first-order chi connectivity index (χ1) is 11.8. The molecule has 25 heavy (non-hydrogen) atoms. The van der Waals surface area contributed by atoms with Crippen molar-refractivity contribution in [1.82, 2.24) is 9.97 Å². The summed E-state index contributed by atoms with van der Waals surface area (Å²) in [5, 5.41) is 9.81. The molecule has 3 aromatic rings. The fourth-order valence-electron chi connectivity index (χ4n) is 2.98. The van der Waals surface area contributed by atoms with E-state index in [1.54, 1.807) is 12.1 Å². The summed E-state index contributed by atoms with van der Waals surface area (Å²) in [6.07, 6.45) is -1.07. The zero-order valence-corrected chi connectivity index (χ0v) is 14.6. The van der Waals surface area contributed by atoms with E-state index >= 15 is 0 Å². The van der Waals surface area contributed by atoms with Crippen molar-refractivity contribution in [2.45, 2.75) is 34.2 Å². The molecular weight excluding hydrogens is 321 g/mol. The number of aryl methyl sites for hydroxylation is 3. The second-order valence-corrected chi connectivity index (χ2v) is 6.26. The molecule has 0 fully saturated rings. The van der Waals surface area contributed by atoms with Crippen LogP contribution in [-0.2, 0) is 6.54 Å². The number of benzene rings is 1. The van der Waals surface area contributed by atoms with Crippen molar-refractivity contribution in [2.24, 2.45) is 0 Å². The Morgan fingerprint density at radius 3 is 2.40 bits per heavy atom. The largest absolute Gasteiger partial charge is 0.465 e. The second-order valence-electron chi connectivity index (χ2n) is 6.26. The Labute approximate surface area is 145 Å². The van der Waals surface area contributed by atoms with Crippen molar-refractivity contribution in [2.75, 3.05) is 4.90 Å². The van der Waals surface area contributed by atoms with Crippen LogP contribution in [0.3, 0.4) is 0 Å². The molecule has 5 nitrogen and oxygen atoms in total. The molecule has 0 atom stereocenters. The third-order valence-electron chi connectivity index (χ3n) is 4.64. The smallest absolute Gasteiger partial charge is 0.412 e. The lowest BCUT2D eigenvalue weighted by atomic mass is 10.1. The monoisotopic (exact) mass is 341 g/mol. The zero-order chi connectivity index (χ0) is 18.3. The van der Waals surface area contributed by atoms with Crippen molar-refractivity contribution >= 4 is 22.8 Å². The molecule has 0 aliphatic heterocycles. The fraction of sp³-hybridized carbons (Fsp3) is 0.263. The molecule has 0 saturated heterocycles. The predicted molar refractivity (Wildman–Crippen MR) is 95.6 cm³/mol. The second kappa shape index (κ2) is 6.20. The Hall–Kier alpha value is -2.89. The highest BCUT2D eigenvalue weighted by molar-refractivity contribution is 6.01. The Balaban J connectivity index is 2.19. The maximum atomic E-state index is 13.1. The molecule has 0 spiro atoms. The van der Waals surface area contributed by atoms with E-state index in [-0.39, 0.29) is 12.4 Å². The molecule has 1 aromatic carbocycles. The molecule has 1 amide bonds. The highest BCUT2D eigenvalue weighted by Gasteiger charge is 2.24. The molecule has 0 bridgehead atoms. The van der Waals surface area contributed by atoms with Gasteiger partial charge in [-0.15, -0.1) is 0 Å². The average molecular weight is 341 g/mol. The Kier molecular flexibility index (Phi) is 4.20. The van der Waals surface area contributed by atoms with Crippen LogP contribution in [0.4, 0.5) is 14.9 Å². The number of pyridine rings is 1. The number of halogens is 1.